The highest BCUT2D eigenvalue weighted by atomic mass is 15.1. The van der Waals surface area contributed by atoms with Crippen molar-refractivity contribution in [3.63, 3.8) is 0 Å². The molecule has 0 unspecified atom stereocenters. The van der Waals surface area contributed by atoms with E-state index in [0.29, 0.717) is 0 Å². The molecule has 0 bridgehead atoms. The maximum atomic E-state index is 2.61. The molecule has 1 aromatic heterocycles. The summed E-state index contributed by atoms with van der Waals surface area (Å²) in [7, 11) is 0. The van der Waals surface area contributed by atoms with Gasteiger partial charge in [-0.1, -0.05) is 149 Å². The lowest BCUT2D eigenvalue weighted by Gasteiger charge is -2.07. The molecule has 0 aliphatic carbocycles. The Hall–Kier alpha value is -0.790. The van der Waals surface area contributed by atoms with E-state index in [4.69, 9.17) is 0 Å². The quantitative estimate of drug-likeness (QED) is 0.0794. The number of rotatable bonds is 28. The summed E-state index contributed by atoms with van der Waals surface area (Å²) in [5.74, 6) is 1.61. The van der Waals surface area contributed by atoms with E-state index in [1.54, 1.807) is 5.82 Å². The van der Waals surface area contributed by atoms with E-state index in [2.05, 4.69) is 42.3 Å². The first-order valence-electron chi connectivity index (χ1n) is 16.9. The van der Waals surface area contributed by atoms with Crippen LogP contribution in [-0.2, 0) is 19.5 Å². The van der Waals surface area contributed by atoms with Gasteiger partial charge in [0.2, 0.25) is 0 Å². The summed E-state index contributed by atoms with van der Waals surface area (Å²) in [6, 6.07) is 0. The third kappa shape index (κ3) is 18.5. The van der Waals surface area contributed by atoms with Crippen LogP contribution in [0.1, 0.15) is 187 Å². The molecule has 0 radical (unpaired) electrons. The van der Waals surface area contributed by atoms with Crippen LogP contribution >= 0.6 is 0 Å². The van der Waals surface area contributed by atoms with Crippen molar-refractivity contribution in [2.45, 2.75) is 201 Å². The normalized spacial score (nSPS) is 11.5. The van der Waals surface area contributed by atoms with Crippen molar-refractivity contribution < 1.29 is 4.57 Å². The number of nitrogens with zero attached hydrogens (tertiary/aromatic N) is 2. The lowest BCUT2D eigenvalue weighted by molar-refractivity contribution is -0.704. The summed E-state index contributed by atoms with van der Waals surface area (Å²) < 4.78 is 5.22. The lowest BCUT2D eigenvalue weighted by atomic mass is 10.0. The zero-order valence-corrected chi connectivity index (χ0v) is 25.3. The van der Waals surface area contributed by atoms with Gasteiger partial charge in [0, 0.05) is 6.42 Å². The van der Waals surface area contributed by atoms with Crippen molar-refractivity contribution in [2.75, 3.05) is 0 Å². The van der Waals surface area contributed by atoms with Crippen LogP contribution in [0.5, 0.6) is 0 Å². The molecule has 0 amide bonds. The molecule has 1 heterocycles. The maximum absolute atomic E-state index is 2.61. The minimum Gasteiger partial charge on any atom is -0.234 e. The Balaban J connectivity index is 2.29. The first-order chi connectivity index (χ1) is 17.8. The van der Waals surface area contributed by atoms with Crippen molar-refractivity contribution in [1.82, 2.24) is 4.57 Å². The van der Waals surface area contributed by atoms with Crippen molar-refractivity contribution in [3.05, 3.63) is 18.2 Å². The van der Waals surface area contributed by atoms with E-state index < -0.39 is 0 Å². The molecule has 0 atom stereocenters. The number of hydrogen-bond donors (Lipinski definition) is 0. The van der Waals surface area contributed by atoms with Gasteiger partial charge in [-0.2, -0.15) is 0 Å². The van der Waals surface area contributed by atoms with Crippen LogP contribution in [0.2, 0.25) is 0 Å². The Morgan fingerprint density at radius 2 is 0.861 bits per heavy atom. The van der Waals surface area contributed by atoms with E-state index in [0.717, 1.165) is 0 Å². The summed E-state index contributed by atoms with van der Waals surface area (Å²) in [6.45, 7) is 9.38. The van der Waals surface area contributed by atoms with Crippen LogP contribution in [0.3, 0.4) is 0 Å². The summed E-state index contributed by atoms with van der Waals surface area (Å²) in [5.41, 5.74) is 0. The first-order valence-corrected chi connectivity index (χ1v) is 16.9. The highest BCUT2D eigenvalue weighted by Crippen LogP contribution is 2.14. The largest absolute Gasteiger partial charge is 0.256 e. The lowest BCUT2D eigenvalue weighted by Crippen LogP contribution is -2.37. The minimum atomic E-state index is 1.22. The van der Waals surface area contributed by atoms with E-state index >= 15 is 0 Å². The van der Waals surface area contributed by atoms with E-state index in [9.17, 15) is 0 Å². The van der Waals surface area contributed by atoms with Crippen LogP contribution < -0.4 is 4.57 Å². The topological polar surface area (TPSA) is 8.81 Å². The summed E-state index contributed by atoms with van der Waals surface area (Å²) in [6.07, 6.45) is 41.5. The van der Waals surface area contributed by atoms with Crippen molar-refractivity contribution >= 4 is 0 Å². The van der Waals surface area contributed by atoms with Gasteiger partial charge in [0.15, 0.2) is 0 Å². The highest BCUT2D eigenvalue weighted by molar-refractivity contribution is 4.84. The predicted molar refractivity (Wildman–Crippen MR) is 161 cm³/mol. The van der Waals surface area contributed by atoms with E-state index in [1.807, 2.05) is 0 Å². The second-order valence-electron chi connectivity index (χ2n) is 11.6. The van der Waals surface area contributed by atoms with Gasteiger partial charge >= 0.3 is 0 Å². The van der Waals surface area contributed by atoms with Gasteiger partial charge in [-0.05, 0) is 32.1 Å². The highest BCUT2D eigenvalue weighted by Gasteiger charge is 2.16. The smallest absolute Gasteiger partial charge is 0.234 e. The minimum absolute atomic E-state index is 1.22. The van der Waals surface area contributed by atoms with Crippen LogP contribution in [-0.4, -0.2) is 4.57 Å². The Kier molecular flexibility index (Phi) is 23.9. The van der Waals surface area contributed by atoms with Gasteiger partial charge in [-0.15, -0.1) is 0 Å². The van der Waals surface area contributed by atoms with E-state index in [1.165, 1.54) is 180 Å². The molecule has 2 nitrogen and oxygen atoms in total. The molecule has 0 aromatic carbocycles. The first kappa shape index (κ1) is 33.2. The molecule has 1 aromatic rings. The molecule has 0 aliphatic heterocycles. The fourth-order valence-electron chi connectivity index (χ4n) is 5.62. The molecule has 0 N–H and O–H groups in total. The summed E-state index contributed by atoms with van der Waals surface area (Å²) in [4.78, 5) is 0. The Morgan fingerprint density at radius 1 is 0.472 bits per heavy atom. The van der Waals surface area contributed by atoms with Crippen molar-refractivity contribution in [2.24, 2.45) is 0 Å². The van der Waals surface area contributed by atoms with Crippen LogP contribution in [0.25, 0.3) is 0 Å². The molecule has 2 heteroatoms. The van der Waals surface area contributed by atoms with Crippen molar-refractivity contribution in [1.29, 1.82) is 0 Å². The molecule has 0 spiro atoms. The van der Waals surface area contributed by atoms with Gasteiger partial charge < -0.3 is 0 Å². The summed E-state index contributed by atoms with van der Waals surface area (Å²) in [5, 5.41) is 0. The molecule has 1 rings (SSSR count). The molecular formula is C34H67N2+. The number of aromatic nitrogens is 2. The third-order valence-electron chi connectivity index (χ3n) is 8.10. The molecule has 0 saturated heterocycles. The third-order valence-corrected chi connectivity index (χ3v) is 8.10. The average molecular weight is 504 g/mol. The maximum Gasteiger partial charge on any atom is 0.256 e. The standard InChI is InChI=1S/C34H67N2/c1-4-7-10-13-15-17-18-19-20-21-23-26-29-34-35(30-27-24-12-9-6-3)32-33-36(34)31-28-25-22-16-14-11-8-5-2/h32-33H,4-31H2,1-3H3/q+1. The number of aryl methyl sites for hydroxylation is 2. The van der Waals surface area contributed by atoms with E-state index in [-0.39, 0.29) is 0 Å². The van der Waals surface area contributed by atoms with Crippen molar-refractivity contribution in [3.8, 4) is 0 Å². The number of hydrogen-bond acceptors (Lipinski definition) is 0. The average Bonchev–Trinajstić information content (AvgIpc) is 3.27. The van der Waals surface area contributed by atoms with Gasteiger partial charge in [-0.25, -0.2) is 9.13 Å². The Bertz CT molecular complexity index is 562. The van der Waals surface area contributed by atoms with Gasteiger partial charge in [0.1, 0.15) is 12.4 Å². The molecule has 0 aliphatic rings. The van der Waals surface area contributed by atoms with Gasteiger partial charge in [0.05, 0.1) is 13.1 Å². The Labute approximate surface area is 228 Å². The van der Waals surface area contributed by atoms with Crippen LogP contribution in [0, 0.1) is 0 Å². The van der Waals surface area contributed by atoms with Gasteiger partial charge in [-0.3, -0.25) is 0 Å². The monoisotopic (exact) mass is 504 g/mol. The molecule has 0 saturated carbocycles. The molecule has 212 valence electrons. The number of unbranched alkanes of at least 4 members (excludes halogenated alkanes) is 22. The fraction of sp³-hybridized carbons (Fsp3) is 0.912. The SMILES string of the molecule is CCCCCCCCCCCCCCc1n(CCCCCCCCCC)cc[n+]1CCCCCCC. The van der Waals surface area contributed by atoms with Crippen LogP contribution in [0.15, 0.2) is 12.4 Å². The fourth-order valence-corrected chi connectivity index (χ4v) is 5.62. The molecule has 36 heavy (non-hydrogen) atoms. The molecule has 0 fully saturated rings. The summed E-state index contributed by atoms with van der Waals surface area (Å²) >= 11 is 0. The predicted octanol–water partition coefficient (Wildman–Crippen LogP) is 11.1. The van der Waals surface area contributed by atoms with Crippen LogP contribution in [0.4, 0.5) is 0 Å². The zero-order chi connectivity index (χ0) is 25.9. The number of imidazole rings is 1. The zero-order valence-electron chi connectivity index (χ0n) is 25.3. The Morgan fingerprint density at radius 3 is 1.33 bits per heavy atom. The molecular weight excluding hydrogens is 436 g/mol. The second-order valence-corrected chi connectivity index (χ2v) is 11.6. The van der Waals surface area contributed by atoms with Gasteiger partial charge in [0.25, 0.3) is 5.82 Å². The second kappa shape index (κ2) is 25.8.